The Kier molecular flexibility index (Phi) is 6.05. The van der Waals surface area contributed by atoms with Gasteiger partial charge in [0.15, 0.2) is 0 Å². The lowest BCUT2D eigenvalue weighted by Crippen LogP contribution is -2.36. The van der Waals surface area contributed by atoms with E-state index >= 15 is 0 Å². The van der Waals surface area contributed by atoms with E-state index in [0.29, 0.717) is 18.7 Å². The summed E-state index contributed by atoms with van der Waals surface area (Å²) in [6, 6.07) is 0.167. The Bertz CT molecular complexity index is 533. The molecule has 1 fully saturated rings. The molecule has 1 aromatic rings. The number of halogens is 3. The summed E-state index contributed by atoms with van der Waals surface area (Å²) in [6.45, 7) is 1.72. The molecular formula is C15H21F3N2O2S. The van der Waals surface area contributed by atoms with Crippen LogP contribution in [0.4, 0.5) is 13.2 Å². The summed E-state index contributed by atoms with van der Waals surface area (Å²) >= 11 is 1.08. The van der Waals surface area contributed by atoms with Crippen molar-refractivity contribution in [3.8, 4) is 0 Å². The number of alkyl halides is 3. The van der Waals surface area contributed by atoms with Gasteiger partial charge in [0.05, 0.1) is 12.1 Å². The molecule has 1 aromatic heterocycles. The number of likely N-dealkylation sites (tertiary alicyclic amines) is 1. The zero-order valence-electron chi connectivity index (χ0n) is 13.0. The van der Waals surface area contributed by atoms with Crippen molar-refractivity contribution in [2.45, 2.75) is 38.0 Å². The maximum atomic E-state index is 12.9. The van der Waals surface area contributed by atoms with Crippen molar-refractivity contribution in [3.63, 3.8) is 0 Å². The van der Waals surface area contributed by atoms with E-state index in [2.05, 4.69) is 0 Å². The Hall–Kier alpha value is -1.12. The molecule has 4 nitrogen and oxygen atoms in total. The van der Waals surface area contributed by atoms with Crippen LogP contribution in [0.2, 0.25) is 0 Å². The highest BCUT2D eigenvalue weighted by atomic mass is 32.1. The number of carbonyl (C=O) groups is 1. The largest absolute Gasteiger partial charge is 0.480 e. The Balaban J connectivity index is 1.94. The summed E-state index contributed by atoms with van der Waals surface area (Å²) in [5.74, 6) is -0.860. The molecule has 0 aromatic carbocycles. The van der Waals surface area contributed by atoms with Crippen LogP contribution in [0.1, 0.15) is 30.4 Å². The van der Waals surface area contributed by atoms with Gasteiger partial charge in [-0.15, -0.1) is 0 Å². The number of thiophene rings is 1. The number of hydrogen-bond donors (Lipinski definition) is 1. The number of hydrogen-bond acceptors (Lipinski definition) is 4. The van der Waals surface area contributed by atoms with Crippen molar-refractivity contribution >= 4 is 17.3 Å². The second kappa shape index (κ2) is 7.63. The summed E-state index contributed by atoms with van der Waals surface area (Å²) in [4.78, 5) is 14.6. The van der Waals surface area contributed by atoms with Gasteiger partial charge in [-0.05, 0) is 50.3 Å². The second-order valence-corrected chi connectivity index (χ2v) is 6.72. The van der Waals surface area contributed by atoms with Crippen molar-refractivity contribution < 1.29 is 23.1 Å². The molecule has 0 saturated carbocycles. The molecule has 1 unspecified atom stereocenters. The molecule has 0 radical (unpaired) electrons. The normalized spacial score (nSPS) is 20.7. The van der Waals surface area contributed by atoms with Gasteiger partial charge in [0.2, 0.25) is 0 Å². The van der Waals surface area contributed by atoms with Crippen LogP contribution in [0.15, 0.2) is 10.8 Å². The molecule has 0 spiro atoms. The first-order valence-corrected chi connectivity index (χ1v) is 8.48. The predicted octanol–water partition coefficient (Wildman–Crippen LogP) is 3.14. The van der Waals surface area contributed by atoms with E-state index in [4.69, 9.17) is 5.11 Å². The van der Waals surface area contributed by atoms with Gasteiger partial charge in [0.25, 0.3) is 0 Å². The number of aliphatic carboxylic acids is 1. The molecule has 1 atom stereocenters. The molecular weight excluding hydrogens is 329 g/mol. The van der Waals surface area contributed by atoms with Crippen LogP contribution in [-0.4, -0.2) is 53.6 Å². The molecule has 130 valence electrons. The molecule has 0 amide bonds. The van der Waals surface area contributed by atoms with E-state index < -0.39 is 17.7 Å². The summed E-state index contributed by atoms with van der Waals surface area (Å²) in [7, 11) is 1.79. The molecule has 1 N–H and O–H groups in total. The van der Waals surface area contributed by atoms with Crippen LogP contribution >= 0.6 is 11.3 Å². The van der Waals surface area contributed by atoms with Crippen molar-refractivity contribution in [2.75, 3.05) is 26.7 Å². The minimum Gasteiger partial charge on any atom is -0.480 e. The molecule has 1 aliphatic rings. The van der Waals surface area contributed by atoms with E-state index in [0.717, 1.165) is 42.5 Å². The molecule has 0 aliphatic carbocycles. The maximum absolute atomic E-state index is 12.9. The number of nitrogens with zero attached hydrogens (tertiary/aromatic N) is 2. The van der Waals surface area contributed by atoms with Gasteiger partial charge in [-0.25, -0.2) is 0 Å². The summed E-state index contributed by atoms with van der Waals surface area (Å²) < 4.78 is 38.8. The fraction of sp³-hybridized carbons (Fsp3) is 0.667. The third-order valence-corrected chi connectivity index (χ3v) is 5.03. The molecule has 23 heavy (non-hydrogen) atoms. The van der Waals surface area contributed by atoms with Crippen molar-refractivity contribution in [1.82, 2.24) is 9.80 Å². The van der Waals surface area contributed by atoms with Crippen LogP contribution in [-0.2, 0) is 17.5 Å². The van der Waals surface area contributed by atoms with Crippen LogP contribution in [0.25, 0.3) is 0 Å². The van der Waals surface area contributed by atoms with E-state index in [-0.39, 0.29) is 12.6 Å². The van der Waals surface area contributed by atoms with Gasteiger partial charge in [-0.1, -0.05) is 0 Å². The summed E-state index contributed by atoms with van der Waals surface area (Å²) in [5, 5.41) is 11.6. The average molecular weight is 350 g/mol. The lowest BCUT2D eigenvalue weighted by Gasteiger charge is -2.25. The summed E-state index contributed by atoms with van der Waals surface area (Å²) in [5.41, 5.74) is -0.203. The Morgan fingerprint density at radius 2 is 2.13 bits per heavy atom. The van der Waals surface area contributed by atoms with Crippen LogP contribution in [0.3, 0.4) is 0 Å². The summed E-state index contributed by atoms with van der Waals surface area (Å²) in [6.07, 6.45) is -1.79. The average Bonchev–Trinajstić information content (AvgIpc) is 2.76. The zero-order valence-corrected chi connectivity index (χ0v) is 13.8. The van der Waals surface area contributed by atoms with Crippen molar-refractivity contribution in [3.05, 3.63) is 21.9 Å². The van der Waals surface area contributed by atoms with Crippen LogP contribution in [0.5, 0.6) is 0 Å². The highest BCUT2D eigenvalue weighted by Crippen LogP contribution is 2.35. The highest BCUT2D eigenvalue weighted by Gasteiger charge is 2.34. The van der Waals surface area contributed by atoms with E-state index in [1.54, 1.807) is 12.4 Å². The number of carboxylic acids is 1. The van der Waals surface area contributed by atoms with Gasteiger partial charge >= 0.3 is 12.1 Å². The molecule has 1 saturated heterocycles. The topological polar surface area (TPSA) is 43.8 Å². The minimum absolute atomic E-state index is 0.00653. The number of carboxylic acid groups (broad SMARTS) is 1. The van der Waals surface area contributed by atoms with E-state index in [9.17, 15) is 18.0 Å². The molecule has 2 heterocycles. The molecule has 8 heteroatoms. The number of likely N-dealkylation sites (N-methyl/N-ethyl adjacent to an activating group) is 1. The Labute approximate surface area is 137 Å². The zero-order chi connectivity index (χ0) is 17.0. The van der Waals surface area contributed by atoms with Crippen molar-refractivity contribution in [1.29, 1.82) is 0 Å². The quantitative estimate of drug-likeness (QED) is 0.886. The van der Waals surface area contributed by atoms with Gasteiger partial charge < -0.3 is 5.11 Å². The standard InChI is InChI=1S/C15H21F3N2O2S/c1-19(8-14(21)22)12-3-2-5-20(6-4-12)7-11-9-23-10-13(11)15(16,17)18/h9-10,12H,2-8H2,1H3,(H,21,22). The van der Waals surface area contributed by atoms with Gasteiger partial charge in [-0.3, -0.25) is 14.6 Å². The lowest BCUT2D eigenvalue weighted by atomic mass is 10.1. The monoisotopic (exact) mass is 350 g/mol. The predicted molar refractivity (Wildman–Crippen MR) is 82.5 cm³/mol. The first-order valence-electron chi connectivity index (χ1n) is 7.54. The van der Waals surface area contributed by atoms with Crippen LogP contribution in [0, 0.1) is 0 Å². The third kappa shape index (κ3) is 5.19. The molecule has 2 rings (SSSR count). The smallest absolute Gasteiger partial charge is 0.417 e. The van der Waals surface area contributed by atoms with Crippen molar-refractivity contribution in [2.24, 2.45) is 0 Å². The molecule has 0 bridgehead atoms. The molecule has 1 aliphatic heterocycles. The Morgan fingerprint density at radius 1 is 1.39 bits per heavy atom. The minimum atomic E-state index is -4.30. The first-order chi connectivity index (χ1) is 10.8. The maximum Gasteiger partial charge on any atom is 0.417 e. The fourth-order valence-electron chi connectivity index (χ4n) is 3.02. The third-order valence-electron chi connectivity index (χ3n) is 4.24. The van der Waals surface area contributed by atoms with E-state index in [1.165, 1.54) is 0 Å². The lowest BCUT2D eigenvalue weighted by molar-refractivity contribution is -0.139. The fourth-order valence-corrected chi connectivity index (χ4v) is 3.87. The van der Waals surface area contributed by atoms with Gasteiger partial charge in [0, 0.05) is 18.0 Å². The Morgan fingerprint density at radius 3 is 2.78 bits per heavy atom. The van der Waals surface area contributed by atoms with E-state index in [1.807, 2.05) is 9.80 Å². The highest BCUT2D eigenvalue weighted by molar-refractivity contribution is 7.08. The second-order valence-electron chi connectivity index (χ2n) is 5.98. The first kappa shape index (κ1) is 18.2. The van der Waals surface area contributed by atoms with Crippen LogP contribution < -0.4 is 0 Å². The SMILES string of the molecule is CN(CC(=O)O)C1CCCN(Cc2cscc2C(F)(F)F)CC1. The van der Waals surface area contributed by atoms with Gasteiger partial charge in [0.1, 0.15) is 0 Å². The van der Waals surface area contributed by atoms with Gasteiger partial charge in [-0.2, -0.15) is 24.5 Å². The number of rotatable bonds is 5.